The van der Waals surface area contributed by atoms with Crippen molar-refractivity contribution in [3.05, 3.63) is 100 Å². The number of piperazine rings is 1. The maximum Gasteiger partial charge on any atom is 0.272 e. The molecule has 2 heterocycles. The van der Waals surface area contributed by atoms with Gasteiger partial charge in [-0.3, -0.25) is 14.9 Å². The van der Waals surface area contributed by atoms with Gasteiger partial charge in [-0.05, 0) is 42.5 Å². The average Bonchev–Trinajstić information content (AvgIpc) is 3.39. The first kappa shape index (κ1) is 24.0. The highest BCUT2D eigenvalue weighted by Crippen LogP contribution is 2.27. The number of para-hydroxylation sites is 1. The van der Waals surface area contributed by atoms with Crippen LogP contribution in [0.25, 0.3) is 16.9 Å². The molecule has 1 aromatic heterocycles. The highest BCUT2D eigenvalue weighted by molar-refractivity contribution is 5.94. The number of nitrogens with zero attached hydrogens (tertiary/aromatic N) is 5. The van der Waals surface area contributed by atoms with Crippen LogP contribution in [-0.4, -0.2) is 58.8 Å². The summed E-state index contributed by atoms with van der Waals surface area (Å²) >= 11 is 0. The Kier molecular flexibility index (Phi) is 6.55. The third kappa shape index (κ3) is 4.86. The van der Waals surface area contributed by atoms with Gasteiger partial charge in [0.2, 0.25) is 0 Å². The number of carbonyl (C=O) groups excluding carboxylic acids is 1. The molecule has 5 rings (SSSR count). The molecule has 10 heteroatoms. The van der Waals surface area contributed by atoms with Crippen molar-refractivity contribution in [2.75, 3.05) is 38.2 Å². The van der Waals surface area contributed by atoms with Gasteiger partial charge in [0.15, 0.2) is 0 Å². The van der Waals surface area contributed by atoms with Crippen molar-refractivity contribution < 1.29 is 18.8 Å². The van der Waals surface area contributed by atoms with Crippen molar-refractivity contribution in [3.63, 3.8) is 0 Å². The lowest BCUT2D eigenvalue weighted by molar-refractivity contribution is -0.384. The standard InChI is InChI=1S/C27H24FN5O4/c1-37-22-6-4-5-19(17-22)24-18-26(32(29-24)20-9-11-21(12-10-20)33(35)36)27(34)31-15-13-30(14-16-31)25-8-3-2-7-23(25)28/h2-12,17-18H,13-16H2,1H3. The first-order valence-electron chi connectivity index (χ1n) is 11.7. The molecule has 1 amide bonds. The maximum atomic E-state index is 14.2. The van der Waals surface area contributed by atoms with Crippen LogP contribution in [0.1, 0.15) is 10.5 Å². The Hall–Kier alpha value is -4.73. The van der Waals surface area contributed by atoms with Crippen molar-refractivity contribution >= 4 is 17.3 Å². The number of nitro benzene ring substituents is 1. The molecule has 4 aromatic rings. The van der Waals surface area contributed by atoms with Gasteiger partial charge < -0.3 is 14.5 Å². The number of ether oxygens (including phenoxy) is 1. The molecule has 0 bridgehead atoms. The summed E-state index contributed by atoms with van der Waals surface area (Å²) in [6.07, 6.45) is 0. The van der Waals surface area contributed by atoms with E-state index in [0.29, 0.717) is 54.7 Å². The zero-order valence-corrected chi connectivity index (χ0v) is 20.1. The van der Waals surface area contributed by atoms with E-state index in [1.165, 1.54) is 22.9 Å². The number of aromatic nitrogens is 2. The summed E-state index contributed by atoms with van der Waals surface area (Å²) in [7, 11) is 1.57. The Bertz CT molecular complexity index is 1450. The molecule has 0 unspecified atom stereocenters. The molecule has 37 heavy (non-hydrogen) atoms. The predicted octanol–water partition coefficient (Wildman–Crippen LogP) is 4.56. The quantitative estimate of drug-likeness (QED) is 0.284. The zero-order valence-electron chi connectivity index (χ0n) is 20.1. The number of anilines is 1. The number of hydrogen-bond donors (Lipinski definition) is 0. The first-order chi connectivity index (χ1) is 17.9. The number of carbonyl (C=O) groups is 1. The Morgan fingerprint density at radius 3 is 2.38 bits per heavy atom. The minimum atomic E-state index is -0.477. The summed E-state index contributed by atoms with van der Waals surface area (Å²) in [5.41, 5.74) is 2.63. The largest absolute Gasteiger partial charge is 0.497 e. The second kappa shape index (κ2) is 10.1. The van der Waals surface area contributed by atoms with Gasteiger partial charge in [0, 0.05) is 43.9 Å². The smallest absolute Gasteiger partial charge is 0.272 e. The summed E-state index contributed by atoms with van der Waals surface area (Å²) in [5, 5.41) is 15.8. The second-order valence-electron chi connectivity index (χ2n) is 8.56. The predicted molar refractivity (Wildman–Crippen MR) is 137 cm³/mol. The lowest BCUT2D eigenvalue weighted by Crippen LogP contribution is -2.49. The summed E-state index contributed by atoms with van der Waals surface area (Å²) in [4.78, 5) is 28.0. The highest BCUT2D eigenvalue weighted by Gasteiger charge is 2.27. The summed E-state index contributed by atoms with van der Waals surface area (Å²) in [6, 6.07) is 21.5. The van der Waals surface area contributed by atoms with Crippen LogP contribution in [0, 0.1) is 15.9 Å². The molecule has 3 aromatic carbocycles. The fraction of sp³-hybridized carbons (Fsp3) is 0.185. The second-order valence-corrected chi connectivity index (χ2v) is 8.56. The van der Waals surface area contributed by atoms with E-state index >= 15 is 0 Å². The van der Waals surface area contributed by atoms with Crippen molar-refractivity contribution in [1.29, 1.82) is 0 Å². The van der Waals surface area contributed by atoms with E-state index in [9.17, 15) is 19.3 Å². The molecule has 1 aliphatic heterocycles. The van der Waals surface area contributed by atoms with E-state index in [1.54, 1.807) is 48.4 Å². The number of benzene rings is 3. The van der Waals surface area contributed by atoms with E-state index in [-0.39, 0.29) is 17.4 Å². The SMILES string of the molecule is COc1cccc(-c2cc(C(=O)N3CCN(c4ccccc4F)CC3)n(-c3ccc([N+](=O)[O-])cc3)n2)c1. The number of nitro groups is 1. The molecule has 188 valence electrons. The summed E-state index contributed by atoms with van der Waals surface area (Å²) < 4.78 is 21.1. The lowest BCUT2D eigenvalue weighted by Gasteiger charge is -2.36. The fourth-order valence-corrected chi connectivity index (χ4v) is 4.39. The van der Waals surface area contributed by atoms with E-state index in [1.807, 2.05) is 29.2 Å². The van der Waals surface area contributed by atoms with Crippen LogP contribution < -0.4 is 9.64 Å². The van der Waals surface area contributed by atoms with Crippen LogP contribution in [0.4, 0.5) is 15.8 Å². The topological polar surface area (TPSA) is 93.7 Å². The summed E-state index contributed by atoms with van der Waals surface area (Å²) in [6.45, 7) is 1.79. The van der Waals surface area contributed by atoms with Crippen LogP contribution in [-0.2, 0) is 0 Å². The first-order valence-corrected chi connectivity index (χ1v) is 11.7. The minimum absolute atomic E-state index is 0.0546. The third-order valence-corrected chi connectivity index (χ3v) is 6.36. The molecule has 1 saturated heterocycles. The zero-order chi connectivity index (χ0) is 25.9. The van der Waals surface area contributed by atoms with Gasteiger partial charge in [-0.2, -0.15) is 5.10 Å². The molecule has 1 fully saturated rings. The van der Waals surface area contributed by atoms with Crippen LogP contribution in [0.15, 0.2) is 78.9 Å². The van der Waals surface area contributed by atoms with E-state index < -0.39 is 4.92 Å². The van der Waals surface area contributed by atoms with E-state index in [2.05, 4.69) is 5.10 Å². The molecular weight excluding hydrogens is 477 g/mol. The number of halogens is 1. The molecule has 0 radical (unpaired) electrons. The molecular formula is C27H24FN5O4. The molecule has 9 nitrogen and oxygen atoms in total. The van der Waals surface area contributed by atoms with Gasteiger partial charge in [0.25, 0.3) is 11.6 Å². The molecule has 0 aliphatic carbocycles. The van der Waals surface area contributed by atoms with Crippen molar-refractivity contribution in [1.82, 2.24) is 14.7 Å². The fourth-order valence-electron chi connectivity index (χ4n) is 4.39. The monoisotopic (exact) mass is 501 g/mol. The van der Waals surface area contributed by atoms with Gasteiger partial charge in [-0.1, -0.05) is 24.3 Å². The number of hydrogen-bond acceptors (Lipinski definition) is 6. The molecule has 1 aliphatic rings. The van der Waals surface area contributed by atoms with Crippen LogP contribution in [0.5, 0.6) is 5.75 Å². The molecule has 0 atom stereocenters. The van der Waals surface area contributed by atoms with Crippen LogP contribution in [0.3, 0.4) is 0 Å². The highest BCUT2D eigenvalue weighted by atomic mass is 19.1. The average molecular weight is 502 g/mol. The van der Waals surface area contributed by atoms with E-state index in [4.69, 9.17) is 4.74 Å². The van der Waals surface area contributed by atoms with Crippen molar-refractivity contribution in [3.8, 4) is 22.7 Å². The van der Waals surface area contributed by atoms with Crippen LogP contribution >= 0.6 is 0 Å². The lowest BCUT2D eigenvalue weighted by atomic mass is 10.1. The number of amides is 1. The maximum absolute atomic E-state index is 14.2. The van der Waals surface area contributed by atoms with Gasteiger partial charge in [-0.25, -0.2) is 9.07 Å². The minimum Gasteiger partial charge on any atom is -0.497 e. The number of rotatable bonds is 6. The molecule has 0 N–H and O–H groups in total. The number of non-ortho nitro benzene ring substituents is 1. The molecule has 0 saturated carbocycles. The Labute approximate surface area is 212 Å². The Morgan fingerprint density at radius 1 is 0.973 bits per heavy atom. The molecule has 0 spiro atoms. The van der Waals surface area contributed by atoms with Gasteiger partial charge in [0.1, 0.15) is 17.3 Å². The number of methoxy groups -OCH3 is 1. The summed E-state index contributed by atoms with van der Waals surface area (Å²) in [5.74, 6) is 0.133. The van der Waals surface area contributed by atoms with Crippen molar-refractivity contribution in [2.45, 2.75) is 0 Å². The normalized spacial score (nSPS) is 13.5. The van der Waals surface area contributed by atoms with Crippen LogP contribution in [0.2, 0.25) is 0 Å². The Morgan fingerprint density at radius 2 is 1.70 bits per heavy atom. The van der Waals surface area contributed by atoms with Gasteiger partial charge >= 0.3 is 0 Å². The van der Waals surface area contributed by atoms with Gasteiger partial charge in [-0.15, -0.1) is 0 Å². The third-order valence-electron chi connectivity index (χ3n) is 6.36. The Balaban J connectivity index is 1.46. The van der Waals surface area contributed by atoms with Crippen molar-refractivity contribution in [2.24, 2.45) is 0 Å². The van der Waals surface area contributed by atoms with E-state index in [0.717, 1.165) is 5.56 Å². The van der Waals surface area contributed by atoms with Gasteiger partial charge in [0.05, 0.1) is 29.1 Å².